The Kier molecular flexibility index (Phi) is 5.93. The number of nitrogens with zero attached hydrogens (tertiary/aromatic N) is 2. The van der Waals surface area contributed by atoms with Crippen molar-refractivity contribution in [3.8, 4) is 16.9 Å². The maximum Gasteiger partial charge on any atom is 0.261 e. The number of para-hydroxylation sites is 1. The van der Waals surface area contributed by atoms with Gasteiger partial charge in [-0.3, -0.25) is 14.6 Å². The molecule has 0 aliphatic rings. The molecule has 4 rings (SSSR count). The Morgan fingerprint density at radius 1 is 0.938 bits per heavy atom. The number of carbonyl (C=O) groups is 1. The van der Waals surface area contributed by atoms with E-state index >= 15 is 0 Å². The van der Waals surface area contributed by atoms with Crippen LogP contribution < -0.4 is 10.7 Å². The van der Waals surface area contributed by atoms with E-state index in [2.05, 4.69) is 10.3 Å². The highest BCUT2D eigenvalue weighted by atomic mass is 35.5. The summed E-state index contributed by atoms with van der Waals surface area (Å²) in [6.45, 7) is 5.69. The van der Waals surface area contributed by atoms with Crippen molar-refractivity contribution in [2.75, 3.05) is 5.32 Å². The monoisotopic (exact) mass is 443 g/mol. The van der Waals surface area contributed by atoms with Gasteiger partial charge in [-0.25, -0.2) is 0 Å². The van der Waals surface area contributed by atoms with Gasteiger partial charge < -0.3 is 9.88 Å². The van der Waals surface area contributed by atoms with E-state index < -0.39 is 5.91 Å². The Labute approximate surface area is 191 Å². The molecule has 0 fully saturated rings. The minimum Gasteiger partial charge on any atom is -0.321 e. The summed E-state index contributed by atoms with van der Waals surface area (Å²) in [5, 5.41) is 3.57. The number of amides is 1. The fourth-order valence-corrected chi connectivity index (χ4v) is 3.97. The lowest BCUT2D eigenvalue weighted by molar-refractivity contribution is 0.102. The van der Waals surface area contributed by atoms with E-state index in [1.165, 1.54) is 6.07 Å². The van der Waals surface area contributed by atoms with E-state index in [0.717, 1.165) is 16.8 Å². The minimum absolute atomic E-state index is 0.0689. The first-order valence-electron chi connectivity index (χ1n) is 10.2. The average molecular weight is 444 g/mol. The van der Waals surface area contributed by atoms with Crippen molar-refractivity contribution in [3.05, 3.63) is 111 Å². The first-order valence-corrected chi connectivity index (χ1v) is 10.5. The first-order chi connectivity index (χ1) is 15.4. The molecule has 0 saturated carbocycles. The number of halogens is 1. The molecule has 2 aromatic carbocycles. The number of carbonyl (C=O) groups excluding carboxylic acids is 1. The number of aryl methyl sites for hydroxylation is 3. The molecule has 0 spiro atoms. The molecular formula is C26H22ClN3O2. The Morgan fingerprint density at radius 3 is 2.19 bits per heavy atom. The fraction of sp³-hybridized carbons (Fsp3) is 0.115. The Hall–Kier alpha value is -3.70. The van der Waals surface area contributed by atoms with Gasteiger partial charge in [0.05, 0.1) is 5.69 Å². The normalized spacial score (nSPS) is 10.8. The molecule has 0 atom stereocenters. The quantitative estimate of drug-likeness (QED) is 0.438. The van der Waals surface area contributed by atoms with E-state index in [1.54, 1.807) is 36.7 Å². The lowest BCUT2D eigenvalue weighted by Gasteiger charge is -2.21. The molecule has 0 saturated heterocycles. The summed E-state index contributed by atoms with van der Waals surface area (Å²) in [4.78, 5) is 30.8. The van der Waals surface area contributed by atoms with Crippen LogP contribution in [0.15, 0.2) is 77.9 Å². The largest absolute Gasteiger partial charge is 0.321 e. The zero-order valence-electron chi connectivity index (χ0n) is 18.0. The van der Waals surface area contributed by atoms with Crippen molar-refractivity contribution in [1.29, 1.82) is 0 Å². The van der Waals surface area contributed by atoms with Crippen LogP contribution in [-0.4, -0.2) is 15.5 Å². The molecule has 1 amide bonds. The number of hydrogen-bond acceptors (Lipinski definition) is 3. The summed E-state index contributed by atoms with van der Waals surface area (Å²) in [5.74, 6) is -0.457. The molecule has 0 aliphatic heterocycles. The number of pyridine rings is 2. The molecule has 0 unspecified atom stereocenters. The van der Waals surface area contributed by atoms with Gasteiger partial charge in [0, 0.05) is 46.1 Å². The molecule has 5 nitrogen and oxygen atoms in total. The van der Waals surface area contributed by atoms with Crippen LogP contribution >= 0.6 is 11.6 Å². The molecule has 0 aliphatic carbocycles. The summed E-state index contributed by atoms with van der Waals surface area (Å²) in [5.41, 5.74) is 4.99. The first kappa shape index (κ1) is 21.5. The molecule has 4 aromatic rings. The second-order valence-electron chi connectivity index (χ2n) is 7.64. The van der Waals surface area contributed by atoms with Crippen LogP contribution in [-0.2, 0) is 0 Å². The summed E-state index contributed by atoms with van der Waals surface area (Å²) in [7, 11) is 0. The molecule has 2 aromatic heterocycles. The Balaban J connectivity index is 1.98. The van der Waals surface area contributed by atoms with Crippen molar-refractivity contribution in [3.63, 3.8) is 0 Å². The molecular weight excluding hydrogens is 422 g/mol. The van der Waals surface area contributed by atoms with Crippen LogP contribution in [0, 0.1) is 20.8 Å². The number of hydrogen-bond donors (Lipinski definition) is 1. The van der Waals surface area contributed by atoms with Gasteiger partial charge in [-0.05, 0) is 68.3 Å². The SMILES string of the molecule is Cc1cccc(C)c1NC(=O)c1c(-c2ccncc2)n(-c2ccc(Cl)cc2)c(C)cc1=O. The van der Waals surface area contributed by atoms with Crippen molar-refractivity contribution in [2.24, 2.45) is 0 Å². The van der Waals surface area contributed by atoms with Crippen LogP contribution in [0.3, 0.4) is 0 Å². The lowest BCUT2D eigenvalue weighted by Crippen LogP contribution is -2.26. The van der Waals surface area contributed by atoms with Gasteiger partial charge in [-0.1, -0.05) is 29.8 Å². The smallest absolute Gasteiger partial charge is 0.261 e. The van der Waals surface area contributed by atoms with Gasteiger partial charge in [0.1, 0.15) is 5.56 Å². The van der Waals surface area contributed by atoms with Gasteiger partial charge in [-0.2, -0.15) is 0 Å². The van der Waals surface area contributed by atoms with Gasteiger partial charge in [-0.15, -0.1) is 0 Å². The maximum absolute atomic E-state index is 13.5. The third-order valence-corrected chi connectivity index (χ3v) is 5.64. The van der Waals surface area contributed by atoms with E-state index in [4.69, 9.17) is 11.6 Å². The van der Waals surface area contributed by atoms with Crippen LogP contribution in [0.1, 0.15) is 27.2 Å². The van der Waals surface area contributed by atoms with Crippen molar-refractivity contribution in [2.45, 2.75) is 20.8 Å². The number of aromatic nitrogens is 2. The third kappa shape index (κ3) is 4.07. The number of nitrogens with one attached hydrogen (secondary N) is 1. The van der Waals surface area contributed by atoms with Crippen molar-refractivity contribution >= 4 is 23.2 Å². The second-order valence-corrected chi connectivity index (χ2v) is 8.08. The van der Waals surface area contributed by atoms with E-state index in [0.29, 0.717) is 27.7 Å². The molecule has 160 valence electrons. The molecule has 32 heavy (non-hydrogen) atoms. The highest BCUT2D eigenvalue weighted by Gasteiger charge is 2.23. The van der Waals surface area contributed by atoms with Gasteiger partial charge in [0.25, 0.3) is 5.91 Å². The van der Waals surface area contributed by atoms with Crippen molar-refractivity contribution < 1.29 is 4.79 Å². The van der Waals surface area contributed by atoms with Crippen molar-refractivity contribution in [1.82, 2.24) is 9.55 Å². The zero-order valence-corrected chi connectivity index (χ0v) is 18.8. The van der Waals surface area contributed by atoms with Crippen LogP contribution in [0.25, 0.3) is 16.9 Å². The lowest BCUT2D eigenvalue weighted by atomic mass is 10.0. The Bertz CT molecular complexity index is 1340. The van der Waals surface area contributed by atoms with E-state index in [-0.39, 0.29) is 11.0 Å². The highest BCUT2D eigenvalue weighted by molar-refractivity contribution is 6.30. The van der Waals surface area contributed by atoms with Crippen LogP contribution in [0.4, 0.5) is 5.69 Å². The highest BCUT2D eigenvalue weighted by Crippen LogP contribution is 2.29. The second kappa shape index (κ2) is 8.81. The molecule has 1 N–H and O–H groups in total. The molecule has 6 heteroatoms. The average Bonchev–Trinajstić information content (AvgIpc) is 2.77. The van der Waals surface area contributed by atoms with E-state index in [9.17, 15) is 9.59 Å². The molecule has 0 radical (unpaired) electrons. The summed E-state index contributed by atoms with van der Waals surface area (Å²) >= 11 is 6.09. The predicted octanol–water partition coefficient (Wildman–Crippen LogP) is 5.73. The number of rotatable bonds is 4. The van der Waals surface area contributed by atoms with Crippen LogP contribution in [0.5, 0.6) is 0 Å². The third-order valence-electron chi connectivity index (χ3n) is 5.38. The number of benzene rings is 2. The van der Waals surface area contributed by atoms with Gasteiger partial charge in [0.2, 0.25) is 0 Å². The molecule has 0 bridgehead atoms. The summed E-state index contributed by atoms with van der Waals surface area (Å²) < 4.78 is 1.90. The zero-order chi connectivity index (χ0) is 22.8. The molecule has 2 heterocycles. The topological polar surface area (TPSA) is 64.0 Å². The predicted molar refractivity (Wildman–Crippen MR) is 129 cm³/mol. The summed E-state index contributed by atoms with van der Waals surface area (Å²) in [6.07, 6.45) is 3.28. The Morgan fingerprint density at radius 2 is 1.56 bits per heavy atom. The number of anilines is 1. The van der Waals surface area contributed by atoms with Gasteiger partial charge >= 0.3 is 0 Å². The van der Waals surface area contributed by atoms with E-state index in [1.807, 2.05) is 55.7 Å². The van der Waals surface area contributed by atoms with Gasteiger partial charge in [0.15, 0.2) is 5.43 Å². The van der Waals surface area contributed by atoms with Crippen LogP contribution in [0.2, 0.25) is 5.02 Å². The summed E-state index contributed by atoms with van der Waals surface area (Å²) in [6, 6.07) is 18.1. The fourth-order valence-electron chi connectivity index (χ4n) is 3.84. The maximum atomic E-state index is 13.5. The minimum atomic E-state index is -0.457. The standard InChI is InChI=1S/C26H22ClN3O2/c1-16-5-4-6-17(2)24(16)29-26(32)23-22(31)15-18(3)30(21-9-7-20(27)8-10-21)25(23)19-11-13-28-14-12-19/h4-15H,1-3H3,(H,29,32).